The van der Waals surface area contributed by atoms with Crippen molar-refractivity contribution in [2.24, 2.45) is 0 Å². The summed E-state index contributed by atoms with van der Waals surface area (Å²) in [5.41, 5.74) is 0.850. The van der Waals surface area contributed by atoms with Crippen LogP contribution in [0.15, 0.2) is 42.7 Å². The van der Waals surface area contributed by atoms with Crippen molar-refractivity contribution < 1.29 is 18.3 Å². The highest BCUT2D eigenvalue weighted by Gasteiger charge is 2.08. The second kappa shape index (κ2) is 9.22. The standard InChI is InChI=1S/C18H16F2N4O2/c1-12(3-2-4-26-17-8-16(9-21)23-11-24-17)18(25)22-10-13-5-14(19)7-15(20)6-13/h5-8,11H,1-4,10H2,(H,22,25). The van der Waals surface area contributed by atoms with Crippen molar-refractivity contribution in [1.82, 2.24) is 15.3 Å². The van der Waals surface area contributed by atoms with Crippen LogP contribution in [0.5, 0.6) is 5.88 Å². The van der Waals surface area contributed by atoms with Crippen molar-refractivity contribution in [2.45, 2.75) is 19.4 Å². The number of amides is 1. The van der Waals surface area contributed by atoms with Gasteiger partial charge in [-0.05, 0) is 30.5 Å². The number of nitrogens with zero attached hydrogens (tertiary/aromatic N) is 3. The minimum atomic E-state index is -0.700. The van der Waals surface area contributed by atoms with Crippen LogP contribution in [0.1, 0.15) is 24.1 Å². The molecule has 0 aliphatic heterocycles. The molecule has 6 nitrogen and oxygen atoms in total. The number of nitriles is 1. The third-order valence-corrected chi connectivity index (χ3v) is 3.33. The lowest BCUT2D eigenvalue weighted by Gasteiger charge is -2.09. The van der Waals surface area contributed by atoms with E-state index in [2.05, 4.69) is 21.9 Å². The van der Waals surface area contributed by atoms with Crippen molar-refractivity contribution in [3.05, 3.63) is 65.6 Å². The minimum Gasteiger partial charge on any atom is -0.478 e. The maximum Gasteiger partial charge on any atom is 0.246 e. The zero-order valence-electron chi connectivity index (χ0n) is 13.8. The monoisotopic (exact) mass is 358 g/mol. The van der Waals surface area contributed by atoms with Crippen molar-refractivity contribution >= 4 is 5.91 Å². The van der Waals surface area contributed by atoms with Gasteiger partial charge in [-0.15, -0.1) is 0 Å². The summed E-state index contributed by atoms with van der Waals surface area (Å²) >= 11 is 0. The van der Waals surface area contributed by atoms with Crippen LogP contribution in [0.3, 0.4) is 0 Å². The Kier molecular flexibility index (Phi) is 6.74. The highest BCUT2D eigenvalue weighted by molar-refractivity contribution is 5.92. The number of carbonyl (C=O) groups is 1. The molecule has 1 aromatic carbocycles. The van der Waals surface area contributed by atoms with E-state index in [1.165, 1.54) is 12.4 Å². The van der Waals surface area contributed by atoms with E-state index in [1.54, 1.807) is 0 Å². The van der Waals surface area contributed by atoms with Crippen LogP contribution in [0.25, 0.3) is 0 Å². The Morgan fingerprint density at radius 2 is 1.96 bits per heavy atom. The van der Waals surface area contributed by atoms with E-state index in [0.29, 0.717) is 24.0 Å². The smallest absolute Gasteiger partial charge is 0.246 e. The summed E-state index contributed by atoms with van der Waals surface area (Å²) in [5, 5.41) is 11.3. The molecule has 0 bridgehead atoms. The Bertz CT molecular complexity index is 829. The fourth-order valence-corrected chi connectivity index (χ4v) is 2.08. The maximum atomic E-state index is 13.1. The molecule has 1 N–H and O–H groups in total. The zero-order valence-corrected chi connectivity index (χ0v) is 13.8. The number of benzene rings is 1. The first-order valence-electron chi connectivity index (χ1n) is 7.74. The predicted molar refractivity (Wildman–Crippen MR) is 88.8 cm³/mol. The molecule has 0 spiro atoms. The Labute approximate surface area is 149 Å². The number of hydrogen-bond donors (Lipinski definition) is 1. The number of aromatic nitrogens is 2. The van der Waals surface area contributed by atoms with E-state index in [0.717, 1.165) is 18.2 Å². The summed E-state index contributed by atoms with van der Waals surface area (Å²) in [6.45, 7) is 3.97. The van der Waals surface area contributed by atoms with Crippen molar-refractivity contribution in [1.29, 1.82) is 5.26 Å². The lowest BCUT2D eigenvalue weighted by atomic mass is 10.1. The second-order valence-corrected chi connectivity index (χ2v) is 5.37. The average Bonchev–Trinajstić information content (AvgIpc) is 2.62. The lowest BCUT2D eigenvalue weighted by molar-refractivity contribution is -0.117. The van der Waals surface area contributed by atoms with Gasteiger partial charge in [0, 0.05) is 24.3 Å². The van der Waals surface area contributed by atoms with Crippen LogP contribution in [-0.2, 0) is 11.3 Å². The molecule has 1 heterocycles. The molecule has 8 heteroatoms. The summed E-state index contributed by atoms with van der Waals surface area (Å²) in [7, 11) is 0. The summed E-state index contributed by atoms with van der Waals surface area (Å²) < 4.78 is 31.6. The molecule has 134 valence electrons. The van der Waals surface area contributed by atoms with Gasteiger partial charge < -0.3 is 10.1 Å². The Morgan fingerprint density at radius 3 is 2.65 bits per heavy atom. The first-order valence-corrected chi connectivity index (χ1v) is 7.74. The van der Waals surface area contributed by atoms with Gasteiger partial charge in [0.05, 0.1) is 6.61 Å². The van der Waals surface area contributed by atoms with Crippen molar-refractivity contribution in [3.63, 3.8) is 0 Å². The molecule has 0 unspecified atom stereocenters. The summed E-state index contributed by atoms with van der Waals surface area (Å²) in [5.74, 6) is -1.52. The molecule has 0 aliphatic carbocycles. The number of carbonyl (C=O) groups excluding carboxylic acids is 1. The van der Waals surface area contributed by atoms with Gasteiger partial charge in [0.15, 0.2) is 0 Å². The number of halogens is 2. The first kappa shape index (κ1) is 19.0. The van der Waals surface area contributed by atoms with E-state index in [-0.39, 0.29) is 24.7 Å². The van der Waals surface area contributed by atoms with Crippen molar-refractivity contribution in [3.8, 4) is 11.9 Å². The van der Waals surface area contributed by atoms with Crippen LogP contribution < -0.4 is 10.1 Å². The SMILES string of the molecule is C=C(CCCOc1cc(C#N)ncn1)C(=O)NCc1cc(F)cc(F)c1. The quantitative estimate of drug-likeness (QED) is 0.579. The van der Waals surface area contributed by atoms with Gasteiger partial charge >= 0.3 is 0 Å². The summed E-state index contributed by atoms with van der Waals surface area (Å²) in [4.78, 5) is 19.5. The van der Waals surface area contributed by atoms with Gasteiger partial charge in [0.1, 0.15) is 29.7 Å². The van der Waals surface area contributed by atoms with Crippen molar-refractivity contribution in [2.75, 3.05) is 6.61 Å². The molecule has 0 saturated heterocycles. The third-order valence-electron chi connectivity index (χ3n) is 3.33. The molecule has 0 atom stereocenters. The van der Waals surface area contributed by atoms with Crippen LogP contribution >= 0.6 is 0 Å². The van der Waals surface area contributed by atoms with Gasteiger partial charge in [-0.3, -0.25) is 4.79 Å². The number of hydrogen-bond acceptors (Lipinski definition) is 5. The fraction of sp³-hybridized carbons (Fsp3) is 0.222. The predicted octanol–water partition coefficient (Wildman–Crippen LogP) is 2.66. The van der Waals surface area contributed by atoms with E-state index >= 15 is 0 Å². The topological polar surface area (TPSA) is 87.9 Å². The molecule has 2 aromatic rings. The highest BCUT2D eigenvalue weighted by atomic mass is 19.1. The molecular weight excluding hydrogens is 342 g/mol. The molecular formula is C18H16F2N4O2. The molecule has 26 heavy (non-hydrogen) atoms. The van der Waals surface area contributed by atoms with Crippen LogP contribution in [-0.4, -0.2) is 22.5 Å². The van der Waals surface area contributed by atoms with E-state index in [1.807, 2.05) is 6.07 Å². The van der Waals surface area contributed by atoms with Crippen LogP contribution in [0, 0.1) is 23.0 Å². The number of rotatable bonds is 8. The Morgan fingerprint density at radius 1 is 1.23 bits per heavy atom. The summed E-state index contributed by atoms with van der Waals surface area (Å²) in [6, 6.07) is 6.36. The number of nitrogens with one attached hydrogen (secondary N) is 1. The minimum absolute atomic E-state index is 0.000898. The lowest BCUT2D eigenvalue weighted by Crippen LogP contribution is -2.24. The maximum absolute atomic E-state index is 13.1. The molecule has 0 saturated carbocycles. The van der Waals surface area contributed by atoms with Gasteiger partial charge in [-0.2, -0.15) is 5.26 Å². The molecule has 2 rings (SSSR count). The molecule has 0 aliphatic rings. The average molecular weight is 358 g/mol. The van der Waals surface area contributed by atoms with Gasteiger partial charge in [-0.25, -0.2) is 18.7 Å². The Balaban J connectivity index is 1.71. The second-order valence-electron chi connectivity index (χ2n) is 5.37. The molecule has 0 fully saturated rings. The number of ether oxygens (including phenoxy) is 1. The van der Waals surface area contributed by atoms with Crippen LogP contribution in [0.2, 0.25) is 0 Å². The van der Waals surface area contributed by atoms with Crippen LogP contribution in [0.4, 0.5) is 8.78 Å². The summed E-state index contributed by atoms with van der Waals surface area (Å²) in [6.07, 6.45) is 2.11. The van der Waals surface area contributed by atoms with Gasteiger partial charge in [0.25, 0.3) is 0 Å². The first-order chi connectivity index (χ1) is 12.5. The van der Waals surface area contributed by atoms with E-state index < -0.39 is 17.5 Å². The zero-order chi connectivity index (χ0) is 18.9. The fourth-order valence-electron chi connectivity index (χ4n) is 2.08. The molecule has 1 amide bonds. The molecule has 1 aromatic heterocycles. The highest BCUT2D eigenvalue weighted by Crippen LogP contribution is 2.10. The largest absolute Gasteiger partial charge is 0.478 e. The van der Waals surface area contributed by atoms with E-state index in [9.17, 15) is 13.6 Å². The van der Waals surface area contributed by atoms with Gasteiger partial charge in [0.2, 0.25) is 11.8 Å². The Hall–Kier alpha value is -3.34. The van der Waals surface area contributed by atoms with E-state index in [4.69, 9.17) is 10.00 Å². The normalized spacial score (nSPS) is 10.0. The van der Waals surface area contributed by atoms with Gasteiger partial charge in [-0.1, -0.05) is 6.58 Å². The molecule has 0 radical (unpaired) electrons. The third kappa shape index (κ3) is 5.94.